The summed E-state index contributed by atoms with van der Waals surface area (Å²) >= 11 is 0. The maximum atomic E-state index is 12.5. The number of phenols is 1. The van der Waals surface area contributed by atoms with Crippen molar-refractivity contribution in [3.8, 4) is 17.1 Å². The van der Waals surface area contributed by atoms with Gasteiger partial charge < -0.3 is 15.8 Å². The number of aromatic amines is 1. The van der Waals surface area contributed by atoms with E-state index in [0.717, 1.165) is 25.7 Å². The number of H-pyrrole nitrogens is 1. The third-order valence-corrected chi connectivity index (χ3v) is 5.13. The number of hydrogen-bond donors (Lipinski definition) is 3. The Labute approximate surface area is 155 Å². The highest BCUT2D eigenvalue weighted by Crippen LogP contribution is 2.27. The molecule has 0 saturated heterocycles. The molecule has 2 heterocycles. The van der Waals surface area contributed by atoms with Crippen LogP contribution in [0.25, 0.3) is 22.6 Å². The molecule has 0 unspecified atom stereocenters. The van der Waals surface area contributed by atoms with Gasteiger partial charge in [-0.05, 0) is 30.9 Å². The molecule has 0 bridgehead atoms. The van der Waals surface area contributed by atoms with Crippen LogP contribution in [0.4, 0.5) is 0 Å². The van der Waals surface area contributed by atoms with Crippen LogP contribution >= 0.6 is 0 Å². The molecule has 0 atom stereocenters. The van der Waals surface area contributed by atoms with Gasteiger partial charge in [-0.2, -0.15) is 0 Å². The molecule has 1 fully saturated rings. The van der Waals surface area contributed by atoms with Crippen LogP contribution in [0.5, 0.6) is 5.75 Å². The van der Waals surface area contributed by atoms with E-state index in [4.69, 9.17) is 5.73 Å². The molecule has 3 aromatic rings. The summed E-state index contributed by atoms with van der Waals surface area (Å²) in [6.07, 6.45) is 5.71. The van der Waals surface area contributed by atoms with Crippen LogP contribution < -0.4 is 11.4 Å². The lowest BCUT2D eigenvalue weighted by atomic mass is 9.89. The van der Waals surface area contributed by atoms with Gasteiger partial charge in [0.15, 0.2) is 17.2 Å². The molecule has 1 aliphatic carbocycles. The summed E-state index contributed by atoms with van der Waals surface area (Å²) < 4.78 is 1.58. The molecule has 27 heavy (non-hydrogen) atoms. The van der Waals surface area contributed by atoms with E-state index in [1.165, 1.54) is 18.6 Å². The molecule has 2 aromatic heterocycles. The highest BCUT2D eigenvalue weighted by atomic mass is 16.3. The molecule has 1 aliphatic rings. The van der Waals surface area contributed by atoms with Gasteiger partial charge in [0.1, 0.15) is 11.3 Å². The number of fused-ring (bicyclic) bond motifs is 1. The molecule has 4 N–H and O–H groups in total. The van der Waals surface area contributed by atoms with Crippen molar-refractivity contribution in [2.45, 2.75) is 38.6 Å². The third kappa shape index (κ3) is 3.30. The topological polar surface area (TPSA) is 127 Å². The van der Waals surface area contributed by atoms with Crippen LogP contribution in [-0.4, -0.2) is 30.5 Å². The second kappa shape index (κ2) is 6.86. The van der Waals surface area contributed by atoms with Crippen LogP contribution in [0, 0.1) is 5.92 Å². The number of rotatable bonds is 4. The molecule has 4 rings (SSSR count). The molecule has 140 valence electrons. The summed E-state index contributed by atoms with van der Waals surface area (Å²) in [5.41, 5.74) is 6.31. The Kier molecular flexibility index (Phi) is 4.39. The first-order chi connectivity index (χ1) is 13.0. The van der Waals surface area contributed by atoms with E-state index in [1.807, 2.05) is 0 Å². The smallest absolute Gasteiger partial charge is 0.327 e. The fourth-order valence-corrected chi connectivity index (χ4v) is 3.78. The number of imidazole rings is 1. The lowest BCUT2D eigenvalue weighted by molar-refractivity contribution is 0.0997. The summed E-state index contributed by atoms with van der Waals surface area (Å²) in [5, 5.41) is 9.73. The Bertz CT molecular complexity index is 1060. The summed E-state index contributed by atoms with van der Waals surface area (Å²) in [6, 6.07) is 6.42. The molecular weight excluding hydrogens is 346 g/mol. The maximum Gasteiger partial charge on any atom is 0.327 e. The van der Waals surface area contributed by atoms with Gasteiger partial charge >= 0.3 is 5.69 Å². The Morgan fingerprint density at radius 3 is 2.74 bits per heavy atom. The number of nitrogens with one attached hydrogen (secondary N) is 1. The van der Waals surface area contributed by atoms with E-state index >= 15 is 0 Å². The van der Waals surface area contributed by atoms with E-state index in [0.29, 0.717) is 23.7 Å². The largest absolute Gasteiger partial charge is 0.508 e. The van der Waals surface area contributed by atoms with E-state index < -0.39 is 5.91 Å². The molecule has 1 amide bonds. The summed E-state index contributed by atoms with van der Waals surface area (Å²) in [6.45, 7) is 0.549. The zero-order chi connectivity index (χ0) is 19.0. The fraction of sp³-hybridized carbons (Fsp3) is 0.368. The second-order valence-electron chi connectivity index (χ2n) is 7.05. The molecule has 0 spiro atoms. The molecule has 8 nitrogen and oxygen atoms in total. The molecule has 0 radical (unpaired) electrons. The first kappa shape index (κ1) is 17.3. The van der Waals surface area contributed by atoms with Crippen molar-refractivity contribution < 1.29 is 9.90 Å². The number of aromatic hydroxyl groups is 1. The fourth-order valence-electron chi connectivity index (χ4n) is 3.78. The Balaban J connectivity index is 1.87. The first-order valence-corrected chi connectivity index (χ1v) is 9.12. The molecular formula is C19H21N5O3. The van der Waals surface area contributed by atoms with E-state index in [2.05, 4.69) is 15.0 Å². The number of phenolic OH excluding ortho intramolecular Hbond substituents is 1. The molecule has 0 aliphatic heterocycles. The highest BCUT2D eigenvalue weighted by molar-refractivity contribution is 6.01. The van der Waals surface area contributed by atoms with Crippen molar-refractivity contribution in [3.63, 3.8) is 0 Å². The first-order valence-electron chi connectivity index (χ1n) is 9.12. The lowest BCUT2D eigenvalue weighted by Crippen LogP contribution is -2.23. The zero-order valence-corrected chi connectivity index (χ0v) is 14.8. The predicted octanol–water partition coefficient (Wildman–Crippen LogP) is 2.17. The minimum absolute atomic E-state index is 0.0298. The Morgan fingerprint density at radius 2 is 2.04 bits per heavy atom. The Morgan fingerprint density at radius 1 is 1.26 bits per heavy atom. The maximum absolute atomic E-state index is 12.5. The van der Waals surface area contributed by atoms with E-state index in [9.17, 15) is 14.7 Å². The molecule has 1 saturated carbocycles. The average Bonchev–Trinajstić information content (AvgIpc) is 2.97. The van der Waals surface area contributed by atoms with Gasteiger partial charge in [-0.15, -0.1) is 0 Å². The van der Waals surface area contributed by atoms with E-state index in [-0.39, 0.29) is 28.5 Å². The van der Waals surface area contributed by atoms with Crippen molar-refractivity contribution in [2.24, 2.45) is 11.7 Å². The van der Waals surface area contributed by atoms with Crippen LogP contribution in [0.2, 0.25) is 0 Å². The standard InChI is InChI=1S/C19H21N5O3/c20-16(26)14-15-18(23-17(21-14)12-7-4-8-13(25)9-12)24(19(27)22-15)10-11-5-2-1-3-6-11/h4,7-9,11,25H,1-3,5-6,10H2,(H2,20,26)(H,22,27). The monoisotopic (exact) mass is 367 g/mol. The van der Waals surface area contributed by atoms with Crippen LogP contribution in [0.15, 0.2) is 29.1 Å². The normalized spacial score (nSPS) is 15.3. The number of carbonyl (C=O) groups is 1. The second-order valence-corrected chi connectivity index (χ2v) is 7.05. The van der Waals surface area contributed by atoms with E-state index in [1.54, 1.807) is 16.7 Å². The van der Waals surface area contributed by atoms with Gasteiger partial charge in [0, 0.05) is 12.1 Å². The number of nitrogens with zero attached hydrogens (tertiary/aromatic N) is 3. The van der Waals surface area contributed by atoms with Crippen molar-refractivity contribution in [1.29, 1.82) is 0 Å². The minimum atomic E-state index is -0.741. The van der Waals surface area contributed by atoms with Crippen molar-refractivity contribution in [3.05, 3.63) is 40.4 Å². The summed E-state index contributed by atoms with van der Waals surface area (Å²) in [4.78, 5) is 35.9. The predicted molar refractivity (Wildman–Crippen MR) is 100 cm³/mol. The average molecular weight is 367 g/mol. The van der Waals surface area contributed by atoms with Crippen molar-refractivity contribution in [1.82, 2.24) is 19.5 Å². The van der Waals surface area contributed by atoms with Crippen LogP contribution in [0.3, 0.4) is 0 Å². The minimum Gasteiger partial charge on any atom is -0.508 e. The number of aromatic nitrogens is 4. The number of amides is 1. The quantitative estimate of drug-likeness (QED) is 0.651. The van der Waals surface area contributed by atoms with Gasteiger partial charge in [0.2, 0.25) is 0 Å². The van der Waals surface area contributed by atoms with Crippen molar-refractivity contribution >= 4 is 17.1 Å². The number of primary amides is 1. The van der Waals surface area contributed by atoms with Crippen LogP contribution in [-0.2, 0) is 6.54 Å². The van der Waals surface area contributed by atoms with Gasteiger partial charge in [-0.1, -0.05) is 31.4 Å². The number of nitrogens with two attached hydrogens (primary N) is 1. The number of carbonyl (C=O) groups excluding carboxylic acids is 1. The molecule has 8 heteroatoms. The number of hydrogen-bond acceptors (Lipinski definition) is 5. The summed E-state index contributed by atoms with van der Waals surface area (Å²) in [5.74, 6) is -0.0318. The zero-order valence-electron chi connectivity index (χ0n) is 14.8. The SMILES string of the molecule is NC(=O)c1nc(-c2cccc(O)c2)nc2c1[nH]c(=O)n2CC1CCCCC1. The lowest BCUT2D eigenvalue weighted by Gasteiger charge is -2.21. The van der Waals surface area contributed by atoms with Gasteiger partial charge in [-0.25, -0.2) is 14.8 Å². The Hall–Kier alpha value is -3.16. The molecule has 1 aromatic carbocycles. The van der Waals surface area contributed by atoms with Gasteiger partial charge in [0.05, 0.1) is 0 Å². The summed E-state index contributed by atoms with van der Waals surface area (Å²) in [7, 11) is 0. The highest BCUT2D eigenvalue weighted by Gasteiger charge is 2.22. The van der Waals surface area contributed by atoms with Crippen LogP contribution in [0.1, 0.15) is 42.6 Å². The van der Waals surface area contributed by atoms with Gasteiger partial charge in [-0.3, -0.25) is 9.36 Å². The van der Waals surface area contributed by atoms with Gasteiger partial charge in [0.25, 0.3) is 5.91 Å². The third-order valence-electron chi connectivity index (χ3n) is 5.13. The van der Waals surface area contributed by atoms with Crippen molar-refractivity contribution in [2.75, 3.05) is 0 Å². The number of benzene rings is 1.